The van der Waals surface area contributed by atoms with Crippen LogP contribution in [-0.4, -0.2) is 10.5 Å². The molecule has 1 rings (SSSR count). The molecular weight excluding hydrogens is 212 g/mol. The maximum Gasteiger partial charge on any atom is 0.0498 e. The molecule has 0 spiro atoms. The molecule has 54 valence electrons. The van der Waals surface area contributed by atoms with Crippen LogP contribution in [0, 0.1) is 0 Å². The highest BCUT2D eigenvalue weighted by Gasteiger charge is 1.95. The minimum absolute atomic E-state index is 0.856. The molecule has 0 N–H and O–H groups in total. The van der Waals surface area contributed by atoms with Gasteiger partial charge in [0.15, 0.2) is 0 Å². The quantitative estimate of drug-likeness (QED) is 0.707. The second-order valence-corrected chi connectivity index (χ2v) is 4.21. The molecule has 0 amide bonds. The van der Waals surface area contributed by atoms with E-state index in [1.807, 2.05) is 24.3 Å². The summed E-state index contributed by atoms with van der Waals surface area (Å²) in [5.41, 5.74) is 0. The molecule has 10 heavy (non-hydrogen) atoms. The molecule has 0 fully saturated rings. The Morgan fingerprint density at radius 2 is 2.20 bits per heavy atom. The van der Waals surface area contributed by atoms with Crippen LogP contribution < -0.4 is 0 Å². The molecule has 0 saturated carbocycles. The van der Waals surface area contributed by atoms with Crippen LogP contribution in [0.2, 0.25) is 0 Å². The molecule has 0 radical (unpaired) electrons. The van der Waals surface area contributed by atoms with Crippen LogP contribution in [-0.2, 0) is 10.8 Å². The Kier molecular flexibility index (Phi) is 2.63. The molecule has 0 unspecified atom stereocenters. The van der Waals surface area contributed by atoms with Crippen molar-refractivity contribution in [1.29, 1.82) is 0 Å². The SMILES string of the molecule is C[S@](=O)c1cccc(Br)c1. The van der Waals surface area contributed by atoms with E-state index in [0.717, 1.165) is 9.37 Å². The van der Waals surface area contributed by atoms with E-state index in [4.69, 9.17) is 0 Å². The second kappa shape index (κ2) is 3.30. The first-order valence-corrected chi connectivity index (χ1v) is 5.14. The average Bonchev–Trinajstić information content (AvgIpc) is 1.88. The molecule has 0 heterocycles. The summed E-state index contributed by atoms with van der Waals surface area (Å²) in [5.74, 6) is 0. The van der Waals surface area contributed by atoms with Crippen molar-refractivity contribution < 1.29 is 4.21 Å². The molecule has 1 aromatic rings. The zero-order valence-electron chi connectivity index (χ0n) is 5.50. The summed E-state index contributed by atoms with van der Waals surface area (Å²) >= 11 is 3.30. The third kappa shape index (κ3) is 1.92. The summed E-state index contributed by atoms with van der Waals surface area (Å²) in [4.78, 5) is 0.856. The lowest BCUT2D eigenvalue weighted by atomic mass is 10.4. The third-order valence-corrected chi connectivity index (χ3v) is 2.54. The van der Waals surface area contributed by atoms with Crippen LogP contribution in [0.1, 0.15) is 0 Å². The topological polar surface area (TPSA) is 17.1 Å². The Balaban J connectivity index is 3.07. The van der Waals surface area contributed by atoms with E-state index < -0.39 is 10.8 Å². The fourth-order valence-corrected chi connectivity index (χ4v) is 1.76. The smallest absolute Gasteiger partial charge is 0.0498 e. The molecule has 3 heteroatoms. The van der Waals surface area contributed by atoms with Crippen LogP contribution in [0.3, 0.4) is 0 Å². The summed E-state index contributed by atoms with van der Waals surface area (Å²) in [7, 11) is -0.869. The molecule has 0 aliphatic rings. The van der Waals surface area contributed by atoms with Crippen molar-refractivity contribution in [2.45, 2.75) is 4.90 Å². The maximum absolute atomic E-state index is 10.9. The molecular formula is C7H7BrOS. The van der Waals surface area contributed by atoms with Crippen molar-refractivity contribution in [3.63, 3.8) is 0 Å². The summed E-state index contributed by atoms with van der Waals surface area (Å²) in [6, 6.07) is 7.49. The van der Waals surface area contributed by atoms with Crippen molar-refractivity contribution >= 4 is 26.7 Å². The van der Waals surface area contributed by atoms with Crippen LogP contribution in [0.5, 0.6) is 0 Å². The van der Waals surface area contributed by atoms with Gasteiger partial charge in [-0.05, 0) is 18.2 Å². The summed E-state index contributed by atoms with van der Waals surface area (Å²) in [6.45, 7) is 0. The van der Waals surface area contributed by atoms with Gasteiger partial charge in [0.2, 0.25) is 0 Å². The predicted octanol–water partition coefficient (Wildman–Crippen LogP) is 2.19. The van der Waals surface area contributed by atoms with Gasteiger partial charge in [0.05, 0.1) is 0 Å². The van der Waals surface area contributed by atoms with E-state index in [9.17, 15) is 4.21 Å². The number of benzene rings is 1. The van der Waals surface area contributed by atoms with E-state index in [2.05, 4.69) is 15.9 Å². The highest BCUT2D eigenvalue weighted by atomic mass is 79.9. The first-order chi connectivity index (χ1) is 4.70. The average molecular weight is 219 g/mol. The third-order valence-electron chi connectivity index (χ3n) is 1.13. The van der Waals surface area contributed by atoms with Gasteiger partial charge in [-0.15, -0.1) is 0 Å². The van der Waals surface area contributed by atoms with Gasteiger partial charge in [-0.1, -0.05) is 22.0 Å². The summed E-state index contributed by atoms with van der Waals surface area (Å²) in [6.07, 6.45) is 1.67. The molecule has 0 bridgehead atoms. The number of hydrogen-bond donors (Lipinski definition) is 0. The lowest BCUT2D eigenvalue weighted by Gasteiger charge is -1.94. The lowest BCUT2D eigenvalue weighted by Crippen LogP contribution is -1.85. The van der Waals surface area contributed by atoms with Crippen molar-refractivity contribution in [2.75, 3.05) is 6.26 Å². The number of hydrogen-bond acceptors (Lipinski definition) is 1. The minimum Gasteiger partial charge on any atom is -0.255 e. The van der Waals surface area contributed by atoms with Gasteiger partial charge in [0.25, 0.3) is 0 Å². The number of rotatable bonds is 1. The predicted molar refractivity (Wildman–Crippen MR) is 46.5 cm³/mol. The molecule has 0 saturated heterocycles. The summed E-state index contributed by atoms with van der Waals surface area (Å²) in [5, 5.41) is 0. The Labute approximate surface area is 71.0 Å². The van der Waals surface area contributed by atoms with Crippen molar-refractivity contribution in [3.8, 4) is 0 Å². The van der Waals surface area contributed by atoms with Gasteiger partial charge in [0.1, 0.15) is 0 Å². The molecule has 1 aromatic carbocycles. The molecule has 0 aliphatic heterocycles. The van der Waals surface area contributed by atoms with Crippen molar-refractivity contribution in [2.24, 2.45) is 0 Å². The fourth-order valence-electron chi connectivity index (χ4n) is 0.646. The second-order valence-electron chi connectivity index (χ2n) is 1.91. The monoisotopic (exact) mass is 218 g/mol. The van der Waals surface area contributed by atoms with E-state index >= 15 is 0 Å². The standard InChI is InChI=1S/C7H7BrOS/c1-10(9)7-4-2-3-6(8)5-7/h2-5H,1H3/t10-/m0/s1. The Morgan fingerprint density at radius 3 is 2.60 bits per heavy atom. The van der Waals surface area contributed by atoms with Crippen LogP contribution in [0.4, 0.5) is 0 Å². The van der Waals surface area contributed by atoms with E-state index in [0.29, 0.717) is 0 Å². The molecule has 0 aliphatic carbocycles. The largest absolute Gasteiger partial charge is 0.255 e. The van der Waals surface area contributed by atoms with Gasteiger partial charge in [0, 0.05) is 26.4 Å². The van der Waals surface area contributed by atoms with Gasteiger partial charge in [-0.2, -0.15) is 0 Å². The van der Waals surface area contributed by atoms with Gasteiger partial charge >= 0.3 is 0 Å². The zero-order valence-corrected chi connectivity index (χ0v) is 7.91. The first-order valence-electron chi connectivity index (χ1n) is 2.79. The van der Waals surface area contributed by atoms with Crippen molar-refractivity contribution in [3.05, 3.63) is 28.7 Å². The molecule has 1 atom stereocenters. The van der Waals surface area contributed by atoms with Crippen LogP contribution in [0.25, 0.3) is 0 Å². The van der Waals surface area contributed by atoms with Gasteiger partial charge in [-0.25, -0.2) is 0 Å². The Morgan fingerprint density at radius 1 is 1.50 bits per heavy atom. The minimum atomic E-state index is -0.869. The van der Waals surface area contributed by atoms with E-state index in [1.165, 1.54) is 0 Å². The van der Waals surface area contributed by atoms with Crippen molar-refractivity contribution in [1.82, 2.24) is 0 Å². The molecule has 0 aromatic heterocycles. The number of halogens is 1. The zero-order chi connectivity index (χ0) is 7.56. The summed E-state index contributed by atoms with van der Waals surface area (Å²) < 4.78 is 11.9. The Bertz CT molecular complexity index is 260. The van der Waals surface area contributed by atoms with E-state index in [-0.39, 0.29) is 0 Å². The maximum atomic E-state index is 10.9. The highest BCUT2D eigenvalue weighted by Crippen LogP contribution is 2.13. The first kappa shape index (κ1) is 7.95. The normalized spacial score (nSPS) is 13.0. The van der Waals surface area contributed by atoms with Gasteiger partial charge < -0.3 is 0 Å². The molecule has 1 nitrogen and oxygen atoms in total. The highest BCUT2D eigenvalue weighted by molar-refractivity contribution is 9.10. The van der Waals surface area contributed by atoms with Gasteiger partial charge in [-0.3, -0.25) is 4.21 Å². The Hall–Kier alpha value is -0.150. The lowest BCUT2D eigenvalue weighted by molar-refractivity contribution is 0.687. The van der Waals surface area contributed by atoms with E-state index in [1.54, 1.807) is 6.26 Å². The van der Waals surface area contributed by atoms with Crippen LogP contribution in [0.15, 0.2) is 33.6 Å². The van der Waals surface area contributed by atoms with Crippen LogP contribution >= 0.6 is 15.9 Å². The fraction of sp³-hybridized carbons (Fsp3) is 0.143.